The molecule has 1 aliphatic carbocycles. The zero-order chi connectivity index (χ0) is 21.0. The molecule has 31 heavy (non-hydrogen) atoms. The fourth-order valence-electron chi connectivity index (χ4n) is 5.05. The van der Waals surface area contributed by atoms with E-state index in [1.165, 1.54) is 49.1 Å². The smallest absolute Gasteiger partial charge is 0.173 e. The van der Waals surface area contributed by atoms with Gasteiger partial charge in [-0.25, -0.2) is 9.07 Å². The van der Waals surface area contributed by atoms with E-state index in [1.807, 2.05) is 22.9 Å². The topological polar surface area (TPSA) is 50.1 Å². The Morgan fingerprint density at radius 3 is 2.48 bits per heavy atom. The van der Waals surface area contributed by atoms with E-state index in [-0.39, 0.29) is 11.9 Å². The highest BCUT2D eigenvalue weighted by atomic mass is 32.1. The van der Waals surface area contributed by atoms with Crippen molar-refractivity contribution < 1.29 is 4.39 Å². The minimum Gasteiger partial charge on any atom is -0.298 e. The molecular weight excluding hydrogens is 411 g/mol. The van der Waals surface area contributed by atoms with Gasteiger partial charge >= 0.3 is 0 Å². The van der Waals surface area contributed by atoms with Crippen LogP contribution in [0.4, 0.5) is 4.39 Å². The Morgan fingerprint density at radius 2 is 1.77 bits per heavy atom. The highest BCUT2D eigenvalue weighted by molar-refractivity contribution is 7.09. The van der Waals surface area contributed by atoms with Crippen LogP contribution in [0, 0.1) is 5.82 Å². The van der Waals surface area contributed by atoms with Gasteiger partial charge in [-0.1, -0.05) is 37.5 Å². The maximum atomic E-state index is 13.7. The van der Waals surface area contributed by atoms with Gasteiger partial charge in [0.25, 0.3) is 0 Å². The van der Waals surface area contributed by atoms with Crippen molar-refractivity contribution in [2.45, 2.75) is 50.7 Å². The molecule has 5 rings (SSSR count). The molecule has 3 heterocycles. The number of thiophene rings is 1. The van der Waals surface area contributed by atoms with E-state index < -0.39 is 0 Å². The third-order valence-electron chi connectivity index (χ3n) is 6.68. The summed E-state index contributed by atoms with van der Waals surface area (Å²) in [5, 5.41) is 14.8. The third-order valence-corrected chi connectivity index (χ3v) is 7.54. The molecule has 0 unspecified atom stereocenters. The molecule has 0 N–H and O–H groups in total. The van der Waals surface area contributed by atoms with E-state index in [4.69, 9.17) is 0 Å². The molecule has 0 bridgehead atoms. The summed E-state index contributed by atoms with van der Waals surface area (Å²) in [6, 6.07) is 11.6. The average Bonchev–Trinajstić information content (AvgIpc) is 3.49. The lowest BCUT2D eigenvalue weighted by molar-refractivity contribution is 0.0620. The van der Waals surface area contributed by atoms with Crippen LogP contribution < -0.4 is 0 Å². The molecule has 0 radical (unpaired) electrons. The summed E-state index contributed by atoms with van der Waals surface area (Å²) in [5.41, 5.74) is 1.04. The van der Waals surface area contributed by atoms with E-state index in [2.05, 4.69) is 36.8 Å². The number of nitrogens with zero attached hydrogens (tertiary/aromatic N) is 6. The van der Waals surface area contributed by atoms with Gasteiger partial charge < -0.3 is 0 Å². The molecule has 3 aromatic rings. The first-order chi connectivity index (χ1) is 15.3. The number of hydrogen-bond donors (Lipinski definition) is 0. The van der Waals surface area contributed by atoms with E-state index >= 15 is 0 Å². The Kier molecular flexibility index (Phi) is 6.38. The number of benzene rings is 1. The zero-order valence-corrected chi connectivity index (χ0v) is 18.6. The maximum Gasteiger partial charge on any atom is 0.173 e. The molecule has 8 heteroatoms. The number of hydrogen-bond acceptors (Lipinski definition) is 6. The summed E-state index contributed by atoms with van der Waals surface area (Å²) in [6.07, 6.45) is 6.78. The van der Waals surface area contributed by atoms with Gasteiger partial charge in [-0.3, -0.25) is 9.80 Å². The van der Waals surface area contributed by atoms with Crippen molar-refractivity contribution in [3.8, 4) is 0 Å². The van der Waals surface area contributed by atoms with Crippen LogP contribution in [0.2, 0.25) is 0 Å². The van der Waals surface area contributed by atoms with Crippen LogP contribution in [0.25, 0.3) is 0 Å². The minimum absolute atomic E-state index is 0.0796. The van der Waals surface area contributed by atoms with Gasteiger partial charge in [0, 0.05) is 37.1 Å². The van der Waals surface area contributed by atoms with Crippen LogP contribution >= 0.6 is 11.3 Å². The van der Waals surface area contributed by atoms with E-state index in [1.54, 1.807) is 11.3 Å². The number of tetrazole rings is 1. The van der Waals surface area contributed by atoms with Crippen LogP contribution in [0.1, 0.15) is 54.4 Å². The van der Waals surface area contributed by atoms with E-state index in [9.17, 15) is 4.39 Å². The lowest BCUT2D eigenvalue weighted by Gasteiger charge is -2.43. The first-order valence-corrected chi connectivity index (χ1v) is 12.2. The number of halogens is 1. The Bertz CT molecular complexity index is 943. The average molecular weight is 441 g/mol. The van der Waals surface area contributed by atoms with Crippen LogP contribution in [0.3, 0.4) is 0 Å². The summed E-state index contributed by atoms with van der Waals surface area (Å²) < 4.78 is 15.6. The molecule has 2 aliphatic rings. The second kappa shape index (κ2) is 9.54. The third kappa shape index (κ3) is 4.71. The SMILES string of the molecule is Fc1ccc([C@H](c2nnnn2Cc2cccs2)N2CCN(C3CCCCC3)CC2)cc1. The van der Waals surface area contributed by atoms with Crippen molar-refractivity contribution in [3.05, 3.63) is 63.9 Å². The molecule has 1 saturated carbocycles. The van der Waals surface area contributed by atoms with Crippen molar-refractivity contribution in [3.63, 3.8) is 0 Å². The molecule has 6 nitrogen and oxygen atoms in total. The van der Waals surface area contributed by atoms with Crippen LogP contribution in [-0.4, -0.2) is 62.2 Å². The zero-order valence-electron chi connectivity index (χ0n) is 17.7. The number of rotatable bonds is 6. The van der Waals surface area contributed by atoms with Gasteiger partial charge in [-0.05, 0) is 52.4 Å². The second-order valence-electron chi connectivity index (χ2n) is 8.59. The predicted octanol–water partition coefficient (Wildman–Crippen LogP) is 3.96. The minimum atomic E-state index is -0.220. The first-order valence-electron chi connectivity index (χ1n) is 11.3. The van der Waals surface area contributed by atoms with Crippen molar-refractivity contribution in [1.29, 1.82) is 0 Å². The number of aromatic nitrogens is 4. The van der Waals surface area contributed by atoms with Gasteiger partial charge in [-0.15, -0.1) is 16.4 Å². The van der Waals surface area contributed by atoms with Crippen molar-refractivity contribution >= 4 is 11.3 Å². The highest BCUT2D eigenvalue weighted by Crippen LogP contribution is 2.30. The summed E-state index contributed by atoms with van der Waals surface area (Å²) in [5.74, 6) is 0.605. The summed E-state index contributed by atoms with van der Waals surface area (Å²) in [6.45, 7) is 4.71. The van der Waals surface area contributed by atoms with Gasteiger partial charge in [0.2, 0.25) is 0 Å². The molecule has 1 aliphatic heterocycles. The molecule has 2 aromatic heterocycles. The Hall–Kier alpha value is -2.16. The lowest BCUT2D eigenvalue weighted by Crippen LogP contribution is -2.52. The van der Waals surface area contributed by atoms with Crippen molar-refractivity contribution in [2.24, 2.45) is 0 Å². The molecule has 1 aromatic carbocycles. The van der Waals surface area contributed by atoms with Gasteiger partial charge in [0.1, 0.15) is 5.82 Å². The molecule has 1 atom stereocenters. The molecule has 2 fully saturated rings. The van der Waals surface area contributed by atoms with E-state index in [0.717, 1.165) is 43.6 Å². The predicted molar refractivity (Wildman–Crippen MR) is 120 cm³/mol. The molecule has 1 saturated heterocycles. The normalized spacial score (nSPS) is 20.2. The Balaban J connectivity index is 1.39. The lowest BCUT2D eigenvalue weighted by atomic mass is 9.93. The molecule has 0 amide bonds. The maximum absolute atomic E-state index is 13.7. The first kappa shape index (κ1) is 20.7. The molecule has 164 valence electrons. The number of piperazine rings is 1. The monoisotopic (exact) mass is 440 g/mol. The van der Waals surface area contributed by atoms with Gasteiger partial charge in [0.15, 0.2) is 5.82 Å². The van der Waals surface area contributed by atoms with E-state index in [0.29, 0.717) is 6.54 Å². The van der Waals surface area contributed by atoms with Crippen LogP contribution in [0.15, 0.2) is 41.8 Å². The molecular formula is C23H29FN6S. The van der Waals surface area contributed by atoms with Crippen molar-refractivity contribution in [1.82, 2.24) is 30.0 Å². The standard InChI is InChI=1S/C23H29FN6S/c24-19-10-8-18(9-11-19)22(23-25-26-27-30(23)17-21-7-4-16-31-21)29-14-12-28(13-15-29)20-5-2-1-3-6-20/h4,7-11,16,20,22H,1-3,5-6,12-15,17H2/t22-/m1/s1. The Labute approximate surface area is 186 Å². The highest BCUT2D eigenvalue weighted by Gasteiger charge is 2.32. The fraction of sp³-hybridized carbons (Fsp3) is 0.522. The van der Waals surface area contributed by atoms with Crippen LogP contribution in [0.5, 0.6) is 0 Å². The van der Waals surface area contributed by atoms with Gasteiger partial charge in [-0.2, -0.15) is 0 Å². The van der Waals surface area contributed by atoms with Crippen LogP contribution in [-0.2, 0) is 6.54 Å². The fourth-order valence-corrected chi connectivity index (χ4v) is 5.73. The Morgan fingerprint density at radius 1 is 1.00 bits per heavy atom. The summed E-state index contributed by atoms with van der Waals surface area (Å²) in [7, 11) is 0. The quantitative estimate of drug-likeness (QED) is 0.581. The largest absolute Gasteiger partial charge is 0.298 e. The summed E-state index contributed by atoms with van der Waals surface area (Å²) >= 11 is 1.70. The molecule has 0 spiro atoms. The van der Waals surface area contributed by atoms with Crippen molar-refractivity contribution in [2.75, 3.05) is 26.2 Å². The van der Waals surface area contributed by atoms with Gasteiger partial charge in [0.05, 0.1) is 12.6 Å². The summed E-state index contributed by atoms with van der Waals surface area (Å²) in [4.78, 5) is 6.35. The second-order valence-corrected chi connectivity index (χ2v) is 9.62.